The summed E-state index contributed by atoms with van der Waals surface area (Å²) in [6.07, 6.45) is -0.877. The van der Waals surface area contributed by atoms with E-state index < -0.39 is 18.1 Å². The molecule has 0 bridgehead atoms. The van der Waals surface area contributed by atoms with Crippen molar-refractivity contribution in [2.75, 3.05) is 9.96 Å². The normalized spacial score (nSPS) is 22.0. The van der Waals surface area contributed by atoms with Gasteiger partial charge in [-0.15, -0.1) is 0 Å². The predicted octanol–water partition coefficient (Wildman–Crippen LogP) is 5.51. The quantitative estimate of drug-likeness (QED) is 0.388. The molecule has 2 fully saturated rings. The monoisotopic (exact) mass is 448 g/mol. The Balaban J connectivity index is 1.50. The Labute approximate surface area is 198 Å². The first-order chi connectivity index (χ1) is 16.5. The standard InChI is InChI=1S/C29H24N2O3/c1-18-15-16-22(17-19(18)2)30-28(32)25-26(24-14-8-10-20-9-6-7-13-23(20)24)31(34-27(25)29(30)33)21-11-4-3-5-12-21/h3-17,25-27H,1-2H3/t25-,26+,27-/m1/s1. The van der Waals surface area contributed by atoms with Gasteiger partial charge in [0.15, 0.2) is 6.10 Å². The minimum Gasteiger partial charge on any atom is -0.273 e. The van der Waals surface area contributed by atoms with Gasteiger partial charge in [-0.2, -0.15) is 0 Å². The van der Waals surface area contributed by atoms with E-state index in [1.807, 2.05) is 86.6 Å². The molecule has 2 saturated heterocycles. The number of aryl methyl sites for hydroxylation is 2. The molecule has 0 unspecified atom stereocenters. The molecule has 0 aromatic heterocycles. The molecular formula is C29H24N2O3. The SMILES string of the molecule is Cc1ccc(N2C(=O)[C@H]3[C@@H](ON(c4ccccc4)[C@H]3c3cccc4ccccc34)C2=O)cc1C. The molecule has 4 aromatic rings. The van der Waals surface area contributed by atoms with Crippen LogP contribution in [-0.2, 0) is 14.4 Å². The van der Waals surface area contributed by atoms with Gasteiger partial charge in [-0.05, 0) is 65.6 Å². The van der Waals surface area contributed by atoms with Crippen LogP contribution in [0, 0.1) is 19.8 Å². The van der Waals surface area contributed by atoms with Gasteiger partial charge in [0.25, 0.3) is 5.91 Å². The van der Waals surface area contributed by atoms with Crippen molar-refractivity contribution in [3.63, 3.8) is 0 Å². The van der Waals surface area contributed by atoms with Crippen molar-refractivity contribution >= 4 is 34.0 Å². The van der Waals surface area contributed by atoms with E-state index in [9.17, 15) is 9.59 Å². The van der Waals surface area contributed by atoms with Gasteiger partial charge in [-0.25, -0.2) is 9.96 Å². The topological polar surface area (TPSA) is 49.9 Å². The van der Waals surface area contributed by atoms with Gasteiger partial charge in [-0.1, -0.05) is 66.7 Å². The van der Waals surface area contributed by atoms with Gasteiger partial charge in [0.05, 0.1) is 17.4 Å². The zero-order valence-electron chi connectivity index (χ0n) is 19.0. The molecule has 0 saturated carbocycles. The maximum Gasteiger partial charge on any atom is 0.266 e. The maximum absolute atomic E-state index is 13.9. The Hall–Kier alpha value is -3.96. The third-order valence-electron chi connectivity index (χ3n) is 7.02. The van der Waals surface area contributed by atoms with Crippen LogP contribution in [-0.4, -0.2) is 17.9 Å². The number of carbonyl (C=O) groups excluding carboxylic acids is 2. The highest BCUT2D eigenvalue weighted by Crippen LogP contribution is 2.49. The third-order valence-corrected chi connectivity index (χ3v) is 7.02. The Kier molecular flexibility index (Phi) is 4.74. The maximum atomic E-state index is 13.9. The lowest BCUT2D eigenvalue weighted by molar-refractivity contribution is -0.126. The number of benzene rings is 4. The second-order valence-electron chi connectivity index (χ2n) is 9.01. The number of hydrogen-bond donors (Lipinski definition) is 0. The molecule has 3 atom stereocenters. The van der Waals surface area contributed by atoms with Crippen LogP contribution in [0.4, 0.5) is 11.4 Å². The van der Waals surface area contributed by atoms with E-state index >= 15 is 0 Å². The molecule has 2 amide bonds. The van der Waals surface area contributed by atoms with E-state index in [2.05, 4.69) is 18.2 Å². The molecular weight excluding hydrogens is 424 g/mol. The minimum absolute atomic E-state index is 0.227. The van der Waals surface area contributed by atoms with Gasteiger partial charge in [0.2, 0.25) is 5.91 Å². The van der Waals surface area contributed by atoms with Crippen LogP contribution in [0.15, 0.2) is 91.0 Å². The van der Waals surface area contributed by atoms with Crippen molar-refractivity contribution in [2.45, 2.75) is 26.0 Å². The number of nitrogens with zero attached hydrogens (tertiary/aromatic N) is 2. The zero-order valence-corrected chi connectivity index (χ0v) is 19.0. The molecule has 2 aliphatic rings. The summed E-state index contributed by atoms with van der Waals surface area (Å²) in [6.45, 7) is 4.00. The molecule has 0 aliphatic carbocycles. The lowest BCUT2D eigenvalue weighted by atomic mass is 9.87. The van der Waals surface area contributed by atoms with Gasteiger partial charge in [-0.3, -0.25) is 14.4 Å². The van der Waals surface area contributed by atoms with Crippen LogP contribution in [0.25, 0.3) is 10.8 Å². The number of para-hydroxylation sites is 1. The summed E-state index contributed by atoms with van der Waals surface area (Å²) in [7, 11) is 0. The lowest BCUT2D eigenvalue weighted by Crippen LogP contribution is -2.37. The lowest BCUT2D eigenvalue weighted by Gasteiger charge is -2.29. The minimum atomic E-state index is -0.877. The average Bonchev–Trinajstić information content (AvgIpc) is 3.37. The second kappa shape index (κ2) is 7.82. The van der Waals surface area contributed by atoms with Crippen LogP contribution in [0.5, 0.6) is 0 Å². The van der Waals surface area contributed by atoms with Crippen molar-refractivity contribution < 1.29 is 14.4 Å². The predicted molar refractivity (Wildman–Crippen MR) is 132 cm³/mol. The molecule has 6 rings (SSSR count). The first kappa shape index (κ1) is 20.6. The van der Waals surface area contributed by atoms with Crippen molar-refractivity contribution in [2.24, 2.45) is 5.92 Å². The Morgan fingerprint density at radius 1 is 0.706 bits per heavy atom. The van der Waals surface area contributed by atoms with Crippen molar-refractivity contribution in [1.29, 1.82) is 0 Å². The molecule has 2 heterocycles. The van der Waals surface area contributed by atoms with Gasteiger partial charge in [0, 0.05) is 0 Å². The van der Waals surface area contributed by atoms with E-state index in [0.717, 1.165) is 33.2 Å². The molecule has 4 aromatic carbocycles. The molecule has 0 N–H and O–H groups in total. The number of amides is 2. The molecule has 0 radical (unpaired) electrons. The Bertz CT molecular complexity index is 1430. The number of hydrogen-bond acceptors (Lipinski definition) is 4. The van der Waals surface area contributed by atoms with Crippen molar-refractivity contribution in [3.8, 4) is 0 Å². The summed E-state index contributed by atoms with van der Waals surface area (Å²) < 4.78 is 0. The second-order valence-corrected chi connectivity index (χ2v) is 9.01. The smallest absolute Gasteiger partial charge is 0.266 e. The Morgan fingerprint density at radius 2 is 1.44 bits per heavy atom. The largest absolute Gasteiger partial charge is 0.273 e. The fourth-order valence-electron chi connectivity index (χ4n) is 5.16. The van der Waals surface area contributed by atoms with E-state index in [-0.39, 0.29) is 11.8 Å². The average molecular weight is 449 g/mol. The summed E-state index contributed by atoms with van der Waals surface area (Å²) in [5.74, 6) is -1.20. The highest BCUT2D eigenvalue weighted by molar-refractivity contribution is 6.24. The highest BCUT2D eigenvalue weighted by Gasteiger charge is 2.60. The molecule has 34 heavy (non-hydrogen) atoms. The van der Waals surface area contributed by atoms with Gasteiger partial charge < -0.3 is 0 Å². The summed E-state index contributed by atoms with van der Waals surface area (Å²) >= 11 is 0. The van der Waals surface area contributed by atoms with Crippen LogP contribution in [0.2, 0.25) is 0 Å². The number of anilines is 2. The van der Waals surface area contributed by atoms with Gasteiger partial charge in [0.1, 0.15) is 5.92 Å². The first-order valence-electron chi connectivity index (χ1n) is 11.5. The molecule has 2 aliphatic heterocycles. The number of carbonyl (C=O) groups is 2. The van der Waals surface area contributed by atoms with Crippen LogP contribution >= 0.6 is 0 Å². The highest BCUT2D eigenvalue weighted by atomic mass is 16.7. The summed E-state index contributed by atoms with van der Waals surface area (Å²) in [4.78, 5) is 35.1. The van der Waals surface area contributed by atoms with Crippen molar-refractivity contribution in [3.05, 3.63) is 108 Å². The van der Waals surface area contributed by atoms with Crippen LogP contribution < -0.4 is 9.96 Å². The fourth-order valence-corrected chi connectivity index (χ4v) is 5.16. The number of hydroxylamine groups is 1. The fraction of sp³-hybridized carbons (Fsp3) is 0.172. The summed E-state index contributed by atoms with van der Waals surface area (Å²) in [6, 6.07) is 29.1. The molecule has 168 valence electrons. The third kappa shape index (κ3) is 3.05. The van der Waals surface area contributed by atoms with Gasteiger partial charge >= 0.3 is 0 Å². The summed E-state index contributed by atoms with van der Waals surface area (Å²) in [5.41, 5.74) is 4.53. The molecule has 5 heteroatoms. The molecule has 0 spiro atoms. The number of imide groups is 1. The first-order valence-corrected chi connectivity index (χ1v) is 11.5. The van der Waals surface area contributed by atoms with Crippen LogP contribution in [0.3, 0.4) is 0 Å². The summed E-state index contributed by atoms with van der Waals surface area (Å²) in [5, 5.41) is 3.88. The van der Waals surface area contributed by atoms with Crippen LogP contribution in [0.1, 0.15) is 22.7 Å². The Morgan fingerprint density at radius 3 is 2.24 bits per heavy atom. The number of fused-ring (bicyclic) bond motifs is 2. The molecule has 5 nitrogen and oxygen atoms in total. The number of rotatable bonds is 3. The van der Waals surface area contributed by atoms with Crippen molar-refractivity contribution in [1.82, 2.24) is 0 Å². The zero-order chi connectivity index (χ0) is 23.4. The van der Waals surface area contributed by atoms with E-state index in [1.165, 1.54) is 4.90 Å². The van der Waals surface area contributed by atoms with E-state index in [4.69, 9.17) is 4.84 Å². The van der Waals surface area contributed by atoms with E-state index in [0.29, 0.717) is 5.69 Å². The van der Waals surface area contributed by atoms with E-state index in [1.54, 1.807) is 5.06 Å².